The summed E-state index contributed by atoms with van der Waals surface area (Å²) in [5, 5.41) is 1.00. The number of nitrogens with zero attached hydrogens (tertiary/aromatic N) is 2. The Hall–Kier alpha value is -4.92. The Labute approximate surface area is 405 Å². The van der Waals surface area contributed by atoms with Crippen LogP contribution in [0.4, 0.5) is 26.3 Å². The molecule has 0 amide bonds. The molecule has 0 bridgehead atoms. The summed E-state index contributed by atoms with van der Waals surface area (Å²) >= 11 is 12.3. The molecule has 6 aromatic rings. The molecule has 370 valence electrons. The predicted octanol–water partition coefficient (Wildman–Crippen LogP) is 11.0. The second kappa shape index (κ2) is 21.6. The molecule has 0 spiro atoms. The van der Waals surface area contributed by atoms with Crippen LogP contribution in [0.3, 0.4) is 0 Å². The van der Waals surface area contributed by atoms with Crippen LogP contribution in [0.15, 0.2) is 103 Å². The van der Waals surface area contributed by atoms with Crippen LogP contribution in [0.1, 0.15) is 36.8 Å². The third-order valence-electron chi connectivity index (χ3n) is 12.1. The van der Waals surface area contributed by atoms with Crippen LogP contribution >= 0.6 is 23.2 Å². The number of benzene rings is 4. The summed E-state index contributed by atoms with van der Waals surface area (Å²) in [5.41, 5.74) is -1.74. The maximum Gasteiger partial charge on any atom is 0.416 e. The van der Waals surface area contributed by atoms with Gasteiger partial charge < -0.3 is 18.3 Å². The molecule has 21 heteroatoms. The maximum atomic E-state index is 13.4. The maximum absolute atomic E-state index is 13.4. The van der Waals surface area contributed by atoms with E-state index in [9.17, 15) is 44.3 Å². The average molecular weight is 1040 g/mol. The molecule has 69 heavy (non-hydrogen) atoms. The van der Waals surface area contributed by atoms with Gasteiger partial charge in [0.15, 0.2) is 22.0 Å². The highest BCUT2D eigenvalue weighted by Gasteiger charge is 2.33. The smallest absolute Gasteiger partial charge is 0.416 e. The third-order valence-corrected chi connectivity index (χ3v) is 15.8. The van der Waals surface area contributed by atoms with Gasteiger partial charge >= 0.3 is 12.4 Å². The quantitative estimate of drug-likeness (QED) is 0.118. The minimum absolute atomic E-state index is 0.0334. The van der Waals surface area contributed by atoms with Crippen molar-refractivity contribution in [3.63, 3.8) is 0 Å². The van der Waals surface area contributed by atoms with Gasteiger partial charge in [0.1, 0.15) is 36.2 Å². The lowest BCUT2D eigenvalue weighted by Crippen LogP contribution is -2.40. The Morgan fingerprint density at radius 2 is 1.09 bits per heavy atom. The molecule has 2 fully saturated rings. The van der Waals surface area contributed by atoms with Crippen molar-refractivity contribution in [3.8, 4) is 34.1 Å². The minimum atomic E-state index is -4.57. The van der Waals surface area contributed by atoms with Gasteiger partial charge in [0.25, 0.3) is 0 Å². The van der Waals surface area contributed by atoms with Crippen molar-refractivity contribution in [1.82, 2.24) is 9.80 Å². The number of hydrogen-bond donors (Lipinski definition) is 1. The molecule has 0 saturated carbocycles. The van der Waals surface area contributed by atoms with Gasteiger partial charge in [0.05, 0.1) is 43.1 Å². The Kier molecular flexibility index (Phi) is 16.3. The summed E-state index contributed by atoms with van der Waals surface area (Å²) in [6.07, 6.45) is -3.12. The van der Waals surface area contributed by atoms with Gasteiger partial charge in [-0.15, -0.1) is 0 Å². The number of fused-ring (bicyclic) bond motifs is 2. The molecule has 1 N–H and O–H groups in total. The minimum Gasteiger partial charge on any atom is -0.491 e. The average Bonchev–Trinajstić information content (AvgIpc) is 3.29. The summed E-state index contributed by atoms with van der Waals surface area (Å²) in [6, 6.07) is 18.0. The Morgan fingerprint density at radius 1 is 0.681 bits per heavy atom. The molecule has 0 aliphatic carbocycles. The standard InChI is InChI=1S/C24H24ClF3N2O4S.C24H23ClF3NO4S/c1-35(29,32)16-7-9-30(10-8-16)11-12-33-21-13-15(24(26,27)28)5-6-18(21)22-14-20(31)17-3-2-4-19(25)23(17)34-22;1-34(31)16-7-9-29(10-8-16)11-12-32-21-13-15(24(26,27)28)5-6-18(21)22-14-20(30)17-3-2-4-19(25)23(17)33-22/h2-6,13-14,16,29H,7-12H2,1H3;2-6,13-14,16H,7-12H2,1H3. The highest BCUT2D eigenvalue weighted by molar-refractivity contribution is 7.92. The van der Waals surface area contributed by atoms with Gasteiger partial charge in [-0.3, -0.25) is 28.4 Å². The second-order valence-corrected chi connectivity index (χ2v) is 21.7. The highest BCUT2D eigenvalue weighted by atomic mass is 35.5. The van der Waals surface area contributed by atoms with Crippen LogP contribution in [0.2, 0.25) is 10.0 Å². The number of para-hydroxylation sites is 2. The zero-order valence-corrected chi connectivity index (χ0v) is 40.4. The molecule has 2 atom stereocenters. The lowest BCUT2D eigenvalue weighted by molar-refractivity contribution is -0.138. The lowest BCUT2D eigenvalue weighted by Gasteiger charge is -2.31. The van der Waals surface area contributed by atoms with E-state index in [1.807, 2.05) is 0 Å². The van der Waals surface area contributed by atoms with E-state index in [1.165, 1.54) is 30.5 Å². The van der Waals surface area contributed by atoms with Crippen molar-refractivity contribution in [2.45, 2.75) is 48.5 Å². The molecule has 2 aliphatic heterocycles. The first-order valence-corrected chi connectivity index (χ1v) is 26.1. The van der Waals surface area contributed by atoms with E-state index in [4.69, 9.17) is 46.3 Å². The SMILES string of the molecule is CS(=N)(=O)C1CCN(CCOc2cc(C(F)(F)F)ccc2-c2cc(=O)c3cccc(Cl)c3o2)CC1.CS(=O)C1CCN(CCOc2cc(C(F)(F)F)ccc2-c2cc(=O)c3cccc(Cl)c3o2)CC1. The van der Waals surface area contributed by atoms with Gasteiger partial charge in [-0.1, -0.05) is 35.3 Å². The molecular weight excluding hydrogens is 996 g/mol. The topological polar surface area (TPSA) is 143 Å². The van der Waals surface area contributed by atoms with Crippen LogP contribution < -0.4 is 20.3 Å². The second-order valence-electron chi connectivity index (χ2n) is 16.8. The van der Waals surface area contributed by atoms with Crippen LogP contribution in [0.25, 0.3) is 44.6 Å². The summed E-state index contributed by atoms with van der Waals surface area (Å²) < 4.78 is 135. The van der Waals surface area contributed by atoms with Crippen LogP contribution in [0.5, 0.6) is 11.5 Å². The molecule has 8 rings (SSSR count). The van der Waals surface area contributed by atoms with Crippen molar-refractivity contribution < 1.29 is 53.1 Å². The number of rotatable bonds is 12. The van der Waals surface area contributed by atoms with Crippen LogP contribution in [0, 0.1) is 4.78 Å². The molecule has 11 nitrogen and oxygen atoms in total. The van der Waals surface area contributed by atoms with Crippen molar-refractivity contribution >= 4 is 65.7 Å². The molecule has 2 saturated heterocycles. The van der Waals surface area contributed by atoms with Crippen molar-refractivity contribution in [3.05, 3.63) is 127 Å². The Balaban J connectivity index is 0.000000204. The van der Waals surface area contributed by atoms with Gasteiger partial charge in [-0.2, -0.15) is 26.3 Å². The lowest BCUT2D eigenvalue weighted by atomic mass is 10.1. The summed E-state index contributed by atoms with van der Waals surface area (Å²) in [7, 11) is -3.46. The van der Waals surface area contributed by atoms with E-state index in [0.717, 1.165) is 50.2 Å². The van der Waals surface area contributed by atoms with E-state index < -0.39 is 44.0 Å². The first kappa shape index (κ1) is 51.9. The zero-order chi connectivity index (χ0) is 49.8. The first-order chi connectivity index (χ1) is 32.6. The Morgan fingerprint density at radius 3 is 1.46 bits per heavy atom. The molecule has 4 heterocycles. The normalized spacial score (nSPS) is 17.0. The van der Waals surface area contributed by atoms with Crippen molar-refractivity contribution in [2.24, 2.45) is 0 Å². The van der Waals surface area contributed by atoms with Crippen LogP contribution in [-0.2, 0) is 32.9 Å². The zero-order valence-electron chi connectivity index (χ0n) is 37.2. The monoisotopic (exact) mass is 1040 g/mol. The fourth-order valence-corrected chi connectivity index (χ4v) is 10.6. The van der Waals surface area contributed by atoms with E-state index in [-0.39, 0.29) is 101 Å². The molecule has 4 aromatic carbocycles. The number of nitrogens with one attached hydrogen (secondary N) is 1. The molecule has 2 unspecified atom stereocenters. The number of hydrogen-bond acceptors (Lipinski definition) is 11. The highest BCUT2D eigenvalue weighted by Crippen LogP contribution is 2.40. The molecular formula is C48H47Cl2F6N3O8S2. The fraction of sp³-hybridized carbons (Fsp3) is 0.375. The summed E-state index contributed by atoms with van der Waals surface area (Å²) in [4.78, 5) is 29.4. The van der Waals surface area contributed by atoms with E-state index in [2.05, 4.69) is 9.80 Å². The molecule has 2 aromatic heterocycles. The van der Waals surface area contributed by atoms with Gasteiger partial charge in [-0.05, 0) is 113 Å². The number of alkyl halides is 6. The number of likely N-dealkylation sites (tertiary alicyclic amines) is 2. The summed E-state index contributed by atoms with van der Waals surface area (Å²) in [5.74, 6) is 0.0229. The van der Waals surface area contributed by atoms with Gasteiger partial charge in [0, 0.05) is 68.8 Å². The summed E-state index contributed by atoms with van der Waals surface area (Å²) in [6.45, 7) is 3.95. The largest absolute Gasteiger partial charge is 0.491 e. The first-order valence-electron chi connectivity index (χ1n) is 21.7. The number of halogens is 8. The van der Waals surface area contributed by atoms with E-state index in [1.54, 1.807) is 42.7 Å². The molecule has 0 radical (unpaired) electrons. The number of ether oxygens (including phenoxy) is 2. The van der Waals surface area contributed by atoms with E-state index >= 15 is 0 Å². The fourth-order valence-electron chi connectivity index (χ4n) is 8.21. The van der Waals surface area contributed by atoms with E-state index in [0.29, 0.717) is 39.0 Å². The Bertz CT molecular complexity index is 3080. The van der Waals surface area contributed by atoms with Crippen LogP contribution in [-0.4, -0.2) is 93.7 Å². The number of piperidine rings is 2. The van der Waals surface area contributed by atoms with Crippen molar-refractivity contribution in [2.75, 3.05) is 65.0 Å². The molecule has 2 aliphatic rings. The van der Waals surface area contributed by atoms with Crippen molar-refractivity contribution in [1.29, 1.82) is 4.78 Å². The van der Waals surface area contributed by atoms with Gasteiger partial charge in [-0.25, -0.2) is 4.21 Å². The van der Waals surface area contributed by atoms with Gasteiger partial charge in [0.2, 0.25) is 0 Å². The predicted molar refractivity (Wildman–Crippen MR) is 257 cm³/mol. The third kappa shape index (κ3) is 12.9.